The molecule has 130 valence electrons. The summed E-state index contributed by atoms with van der Waals surface area (Å²) in [5, 5.41) is 12.0. The number of amides is 1. The minimum atomic E-state index is -0.881. The molecule has 0 aliphatic carbocycles. The Bertz CT molecular complexity index is 825. The maximum atomic E-state index is 12.2. The van der Waals surface area contributed by atoms with Crippen LogP contribution in [0.2, 0.25) is 0 Å². The standard InChI is InChI=1S/C16H21N3O4S/c1-8(6-13(21)22)7-17-12(20)5-4-11-18-15(23)14-9(2)10(3)24-16(14)19-11/h8H,4-7H2,1-3H3,(H,17,20)(H,21,22)(H,18,19,23). The Kier molecular flexibility index (Phi) is 5.71. The van der Waals surface area contributed by atoms with E-state index in [9.17, 15) is 14.4 Å². The fourth-order valence-corrected chi connectivity index (χ4v) is 3.45. The summed E-state index contributed by atoms with van der Waals surface area (Å²) in [6.07, 6.45) is 0.542. The highest BCUT2D eigenvalue weighted by Crippen LogP contribution is 2.25. The van der Waals surface area contributed by atoms with E-state index >= 15 is 0 Å². The molecule has 1 unspecified atom stereocenters. The van der Waals surface area contributed by atoms with Crippen LogP contribution in [0.25, 0.3) is 10.2 Å². The van der Waals surface area contributed by atoms with Gasteiger partial charge < -0.3 is 15.4 Å². The Morgan fingerprint density at radius 2 is 2.08 bits per heavy atom. The first-order chi connectivity index (χ1) is 11.3. The summed E-state index contributed by atoms with van der Waals surface area (Å²) in [7, 11) is 0. The molecule has 7 nitrogen and oxygen atoms in total. The minimum Gasteiger partial charge on any atom is -0.481 e. The quantitative estimate of drug-likeness (QED) is 0.704. The number of rotatable bonds is 7. The van der Waals surface area contributed by atoms with Crippen LogP contribution < -0.4 is 10.9 Å². The molecule has 0 saturated heterocycles. The van der Waals surface area contributed by atoms with E-state index in [2.05, 4.69) is 15.3 Å². The average Bonchev–Trinajstić information content (AvgIpc) is 2.77. The van der Waals surface area contributed by atoms with Gasteiger partial charge in [0.05, 0.1) is 5.39 Å². The van der Waals surface area contributed by atoms with Gasteiger partial charge in [-0.25, -0.2) is 4.98 Å². The van der Waals surface area contributed by atoms with Crippen molar-refractivity contribution in [3.63, 3.8) is 0 Å². The number of carbonyl (C=O) groups excluding carboxylic acids is 1. The molecule has 2 rings (SSSR count). The van der Waals surface area contributed by atoms with Crippen molar-refractivity contribution in [2.24, 2.45) is 5.92 Å². The van der Waals surface area contributed by atoms with Gasteiger partial charge in [0, 0.05) is 30.7 Å². The first kappa shape index (κ1) is 18.1. The van der Waals surface area contributed by atoms with Gasteiger partial charge in [0.2, 0.25) is 5.91 Å². The molecule has 24 heavy (non-hydrogen) atoms. The number of aryl methyl sites for hydroxylation is 3. The average molecular weight is 351 g/mol. The van der Waals surface area contributed by atoms with Crippen molar-refractivity contribution in [1.29, 1.82) is 0 Å². The molecule has 1 amide bonds. The largest absolute Gasteiger partial charge is 0.481 e. The molecule has 0 bridgehead atoms. The summed E-state index contributed by atoms with van der Waals surface area (Å²) in [5.74, 6) is -0.706. The number of carboxylic acid groups (broad SMARTS) is 1. The van der Waals surface area contributed by atoms with Crippen LogP contribution in [-0.2, 0) is 16.0 Å². The van der Waals surface area contributed by atoms with Crippen LogP contribution in [0.4, 0.5) is 0 Å². The monoisotopic (exact) mass is 351 g/mol. The maximum Gasteiger partial charge on any atom is 0.303 e. The van der Waals surface area contributed by atoms with Crippen molar-refractivity contribution in [3.05, 3.63) is 26.6 Å². The SMILES string of the molecule is Cc1sc2nc(CCC(=O)NCC(C)CC(=O)O)[nH]c(=O)c2c1C. The lowest BCUT2D eigenvalue weighted by Gasteiger charge is -2.10. The smallest absolute Gasteiger partial charge is 0.303 e. The number of H-pyrrole nitrogens is 1. The number of nitrogens with zero attached hydrogens (tertiary/aromatic N) is 1. The molecule has 0 fully saturated rings. The molecule has 0 aliphatic rings. The highest BCUT2D eigenvalue weighted by Gasteiger charge is 2.13. The van der Waals surface area contributed by atoms with Gasteiger partial charge in [0.25, 0.3) is 5.56 Å². The molecule has 0 radical (unpaired) electrons. The van der Waals surface area contributed by atoms with Crippen LogP contribution in [0.1, 0.15) is 36.0 Å². The van der Waals surface area contributed by atoms with E-state index in [0.717, 1.165) is 10.4 Å². The third kappa shape index (κ3) is 4.41. The number of fused-ring (bicyclic) bond motifs is 1. The second-order valence-electron chi connectivity index (χ2n) is 5.98. The summed E-state index contributed by atoms with van der Waals surface area (Å²) >= 11 is 1.47. The van der Waals surface area contributed by atoms with Crippen LogP contribution in [-0.4, -0.2) is 33.5 Å². The number of thiophene rings is 1. The maximum absolute atomic E-state index is 12.2. The van der Waals surface area contributed by atoms with Crippen molar-refractivity contribution in [3.8, 4) is 0 Å². The lowest BCUT2D eigenvalue weighted by molar-refractivity contribution is -0.138. The molecule has 0 saturated carbocycles. The Morgan fingerprint density at radius 1 is 1.38 bits per heavy atom. The molecule has 2 aromatic heterocycles. The number of nitrogens with one attached hydrogen (secondary N) is 2. The lowest BCUT2D eigenvalue weighted by Crippen LogP contribution is -2.29. The van der Waals surface area contributed by atoms with Gasteiger partial charge in [-0.3, -0.25) is 14.4 Å². The summed E-state index contributed by atoms with van der Waals surface area (Å²) in [5.41, 5.74) is 0.771. The number of aromatic nitrogens is 2. The molecule has 2 aromatic rings. The Hall–Kier alpha value is -2.22. The van der Waals surface area contributed by atoms with E-state index in [1.54, 1.807) is 6.92 Å². The van der Waals surface area contributed by atoms with E-state index in [-0.39, 0.29) is 30.2 Å². The summed E-state index contributed by atoms with van der Waals surface area (Å²) in [6.45, 7) is 5.93. The summed E-state index contributed by atoms with van der Waals surface area (Å²) in [6, 6.07) is 0. The number of carbonyl (C=O) groups is 2. The van der Waals surface area contributed by atoms with Crippen LogP contribution in [0.5, 0.6) is 0 Å². The Labute approximate surface area is 143 Å². The Morgan fingerprint density at radius 3 is 2.75 bits per heavy atom. The third-order valence-electron chi connectivity index (χ3n) is 3.85. The van der Waals surface area contributed by atoms with E-state index in [1.807, 2.05) is 13.8 Å². The zero-order valence-electron chi connectivity index (χ0n) is 13.9. The predicted octanol–water partition coefficient (Wildman–Crippen LogP) is 1.76. The Balaban J connectivity index is 1.95. The predicted molar refractivity (Wildman–Crippen MR) is 92.5 cm³/mol. The van der Waals surface area contributed by atoms with Gasteiger partial charge in [-0.1, -0.05) is 6.92 Å². The molecular weight excluding hydrogens is 330 g/mol. The molecule has 1 atom stereocenters. The van der Waals surface area contributed by atoms with Crippen LogP contribution in [0.15, 0.2) is 4.79 Å². The minimum absolute atomic E-state index is 0.0168. The number of carboxylic acids is 1. The fourth-order valence-electron chi connectivity index (χ4n) is 2.40. The second kappa shape index (κ2) is 7.57. The number of aliphatic carboxylic acids is 1. The first-order valence-corrected chi connectivity index (χ1v) is 8.57. The molecule has 0 spiro atoms. The molecule has 2 heterocycles. The molecular formula is C16H21N3O4S. The molecule has 8 heteroatoms. The molecule has 0 aliphatic heterocycles. The van der Waals surface area contributed by atoms with Crippen molar-refractivity contribution in [2.75, 3.05) is 6.54 Å². The van der Waals surface area contributed by atoms with Crippen molar-refractivity contribution in [1.82, 2.24) is 15.3 Å². The fraction of sp³-hybridized carbons (Fsp3) is 0.500. The van der Waals surface area contributed by atoms with E-state index in [0.29, 0.717) is 29.0 Å². The van der Waals surface area contributed by atoms with E-state index in [1.165, 1.54) is 11.3 Å². The zero-order chi connectivity index (χ0) is 17.9. The van der Waals surface area contributed by atoms with Gasteiger partial charge in [-0.2, -0.15) is 0 Å². The number of aromatic amines is 1. The van der Waals surface area contributed by atoms with Crippen LogP contribution in [0.3, 0.4) is 0 Å². The van der Waals surface area contributed by atoms with Crippen molar-refractivity contribution < 1.29 is 14.7 Å². The topological polar surface area (TPSA) is 112 Å². The second-order valence-corrected chi connectivity index (χ2v) is 7.19. The molecule has 3 N–H and O–H groups in total. The first-order valence-electron chi connectivity index (χ1n) is 7.75. The molecule has 0 aromatic carbocycles. The van der Waals surface area contributed by atoms with Gasteiger partial charge in [0.1, 0.15) is 10.7 Å². The third-order valence-corrected chi connectivity index (χ3v) is 4.95. The van der Waals surface area contributed by atoms with E-state index in [4.69, 9.17) is 5.11 Å². The number of hydrogen-bond donors (Lipinski definition) is 3. The van der Waals surface area contributed by atoms with Crippen LogP contribution >= 0.6 is 11.3 Å². The van der Waals surface area contributed by atoms with Crippen LogP contribution in [0, 0.1) is 19.8 Å². The zero-order valence-corrected chi connectivity index (χ0v) is 14.7. The van der Waals surface area contributed by atoms with Gasteiger partial charge in [0.15, 0.2) is 0 Å². The highest BCUT2D eigenvalue weighted by molar-refractivity contribution is 7.18. The normalized spacial score (nSPS) is 12.3. The lowest BCUT2D eigenvalue weighted by atomic mass is 10.1. The van der Waals surface area contributed by atoms with Crippen molar-refractivity contribution >= 4 is 33.4 Å². The summed E-state index contributed by atoms with van der Waals surface area (Å²) < 4.78 is 0. The van der Waals surface area contributed by atoms with E-state index < -0.39 is 5.97 Å². The van der Waals surface area contributed by atoms with Gasteiger partial charge >= 0.3 is 5.97 Å². The van der Waals surface area contributed by atoms with Gasteiger partial charge in [-0.05, 0) is 25.3 Å². The highest BCUT2D eigenvalue weighted by atomic mass is 32.1. The van der Waals surface area contributed by atoms with Gasteiger partial charge in [-0.15, -0.1) is 11.3 Å². The number of hydrogen-bond acceptors (Lipinski definition) is 5. The van der Waals surface area contributed by atoms with Crippen molar-refractivity contribution in [2.45, 2.75) is 40.0 Å². The summed E-state index contributed by atoms with van der Waals surface area (Å²) in [4.78, 5) is 43.5.